The molecule has 4 N–H and O–H groups in total. The van der Waals surface area contributed by atoms with Crippen LogP contribution in [0.15, 0.2) is 24.3 Å². The van der Waals surface area contributed by atoms with Crippen molar-refractivity contribution >= 4 is 23.7 Å². The predicted molar refractivity (Wildman–Crippen MR) is 92.9 cm³/mol. The van der Waals surface area contributed by atoms with Crippen LogP contribution in [0, 0.1) is 5.41 Å². The number of hydrogen-bond acceptors (Lipinski definition) is 4. The van der Waals surface area contributed by atoms with Gasteiger partial charge in [-0.1, -0.05) is 32.9 Å². The van der Waals surface area contributed by atoms with E-state index in [9.17, 15) is 19.5 Å². The second kappa shape index (κ2) is 7.52. The highest BCUT2D eigenvalue weighted by atomic mass is 16.3. The number of aliphatic hydroxyl groups is 1. The lowest BCUT2D eigenvalue weighted by atomic mass is 9.89. The molecule has 1 aromatic rings. The monoisotopic (exact) mass is 348 g/mol. The van der Waals surface area contributed by atoms with Gasteiger partial charge in [0.25, 0.3) is 0 Å². The van der Waals surface area contributed by atoms with Crippen LogP contribution in [0.1, 0.15) is 26.3 Å². The van der Waals surface area contributed by atoms with E-state index in [0.29, 0.717) is 5.69 Å². The summed E-state index contributed by atoms with van der Waals surface area (Å²) >= 11 is 0. The summed E-state index contributed by atoms with van der Waals surface area (Å²) in [5, 5.41) is 17.7. The molecule has 1 aliphatic heterocycles. The fourth-order valence-corrected chi connectivity index (χ4v) is 2.16. The molecule has 0 aromatic heterocycles. The van der Waals surface area contributed by atoms with Crippen LogP contribution in [0.4, 0.5) is 15.3 Å². The lowest BCUT2D eigenvalue weighted by Gasteiger charge is -2.25. The van der Waals surface area contributed by atoms with Crippen molar-refractivity contribution in [2.75, 3.05) is 18.4 Å². The van der Waals surface area contributed by atoms with Gasteiger partial charge in [-0.3, -0.25) is 9.69 Å². The van der Waals surface area contributed by atoms with Gasteiger partial charge in [0.05, 0.1) is 19.2 Å². The topological polar surface area (TPSA) is 111 Å². The molecule has 0 spiro atoms. The second-order valence-corrected chi connectivity index (χ2v) is 7.05. The molecule has 0 aliphatic carbocycles. The zero-order chi connectivity index (χ0) is 18.6. The van der Waals surface area contributed by atoms with Gasteiger partial charge >= 0.3 is 12.1 Å². The molecule has 136 valence electrons. The third-order valence-electron chi connectivity index (χ3n) is 3.95. The zero-order valence-corrected chi connectivity index (χ0v) is 14.6. The maximum absolute atomic E-state index is 11.9. The van der Waals surface area contributed by atoms with Crippen molar-refractivity contribution in [1.82, 2.24) is 15.5 Å². The average molecular weight is 348 g/mol. The number of benzene rings is 1. The maximum atomic E-state index is 11.9. The number of anilines is 1. The number of amides is 5. The van der Waals surface area contributed by atoms with E-state index in [1.54, 1.807) is 24.3 Å². The Labute approximate surface area is 146 Å². The SMILES string of the molecule is CC(C)(C)[C@@H](O)CNC(=O)Nc1ccc(CN2C(=O)CNC2=O)cc1. The molecule has 1 aromatic carbocycles. The first-order valence-electron chi connectivity index (χ1n) is 8.07. The Balaban J connectivity index is 1.84. The number of rotatable bonds is 5. The van der Waals surface area contributed by atoms with Gasteiger partial charge in [0.15, 0.2) is 0 Å². The van der Waals surface area contributed by atoms with Gasteiger partial charge in [0.1, 0.15) is 0 Å². The van der Waals surface area contributed by atoms with Gasteiger partial charge in [-0.25, -0.2) is 9.59 Å². The Bertz CT molecular complexity index is 636. The molecule has 0 radical (unpaired) electrons. The number of hydrogen-bond donors (Lipinski definition) is 4. The number of aliphatic hydroxyl groups excluding tert-OH is 1. The number of nitrogens with one attached hydrogen (secondary N) is 3. The molecule has 8 heteroatoms. The molecule has 0 bridgehead atoms. The van der Waals surface area contributed by atoms with Crippen LogP contribution in [0.25, 0.3) is 0 Å². The summed E-state index contributed by atoms with van der Waals surface area (Å²) in [5.41, 5.74) is 1.04. The van der Waals surface area contributed by atoms with Crippen LogP contribution in [0.3, 0.4) is 0 Å². The first-order chi connectivity index (χ1) is 11.7. The van der Waals surface area contributed by atoms with Gasteiger partial charge in [0, 0.05) is 12.2 Å². The van der Waals surface area contributed by atoms with Crippen LogP contribution in [0.5, 0.6) is 0 Å². The van der Waals surface area contributed by atoms with Crippen LogP contribution in [0.2, 0.25) is 0 Å². The quantitative estimate of drug-likeness (QED) is 0.601. The van der Waals surface area contributed by atoms with Gasteiger partial charge < -0.3 is 21.1 Å². The van der Waals surface area contributed by atoms with Gasteiger partial charge in [-0.05, 0) is 23.1 Å². The van der Waals surface area contributed by atoms with Crippen molar-refractivity contribution in [1.29, 1.82) is 0 Å². The fraction of sp³-hybridized carbons (Fsp3) is 0.471. The molecule has 8 nitrogen and oxygen atoms in total. The van der Waals surface area contributed by atoms with E-state index in [-0.39, 0.29) is 31.0 Å². The Morgan fingerprint density at radius 2 is 1.92 bits per heavy atom. The highest BCUT2D eigenvalue weighted by Gasteiger charge is 2.28. The van der Waals surface area contributed by atoms with Crippen LogP contribution in [-0.4, -0.2) is 47.2 Å². The maximum Gasteiger partial charge on any atom is 0.324 e. The smallest absolute Gasteiger partial charge is 0.324 e. The van der Waals surface area contributed by atoms with E-state index >= 15 is 0 Å². The molecular formula is C17H24N4O4. The summed E-state index contributed by atoms with van der Waals surface area (Å²) in [5.74, 6) is -0.260. The predicted octanol–water partition coefficient (Wildman–Crippen LogP) is 1.27. The normalized spacial score (nSPS) is 15.8. The summed E-state index contributed by atoms with van der Waals surface area (Å²) < 4.78 is 0. The summed E-state index contributed by atoms with van der Waals surface area (Å²) in [7, 11) is 0. The van der Waals surface area contributed by atoms with E-state index in [1.165, 1.54) is 0 Å². The summed E-state index contributed by atoms with van der Waals surface area (Å²) in [6.45, 7) is 6.04. The molecule has 1 heterocycles. The molecule has 5 amide bonds. The van der Waals surface area contributed by atoms with Crippen molar-refractivity contribution in [3.8, 4) is 0 Å². The van der Waals surface area contributed by atoms with E-state index in [4.69, 9.17) is 0 Å². The average Bonchev–Trinajstić information content (AvgIpc) is 2.85. The van der Waals surface area contributed by atoms with Crippen LogP contribution in [-0.2, 0) is 11.3 Å². The molecule has 1 aliphatic rings. The molecular weight excluding hydrogens is 324 g/mol. The summed E-state index contributed by atoms with van der Waals surface area (Å²) in [4.78, 5) is 36.1. The lowest BCUT2D eigenvalue weighted by molar-refractivity contribution is -0.125. The largest absolute Gasteiger partial charge is 0.391 e. The Kier molecular flexibility index (Phi) is 5.63. The Morgan fingerprint density at radius 1 is 1.28 bits per heavy atom. The van der Waals surface area contributed by atoms with Gasteiger partial charge in [-0.15, -0.1) is 0 Å². The number of carbonyl (C=O) groups excluding carboxylic acids is 3. The van der Waals surface area contributed by atoms with E-state index in [1.807, 2.05) is 20.8 Å². The second-order valence-electron chi connectivity index (χ2n) is 7.05. The lowest BCUT2D eigenvalue weighted by Crippen LogP contribution is -2.40. The van der Waals surface area contributed by atoms with Crippen molar-refractivity contribution < 1.29 is 19.5 Å². The summed E-state index contributed by atoms with van der Waals surface area (Å²) in [6, 6.07) is 6.03. The Hall–Kier alpha value is -2.61. The third-order valence-corrected chi connectivity index (χ3v) is 3.95. The van der Waals surface area contributed by atoms with Crippen LogP contribution >= 0.6 is 0 Å². The number of urea groups is 2. The van der Waals surface area contributed by atoms with Crippen LogP contribution < -0.4 is 16.0 Å². The molecule has 1 atom stereocenters. The van der Waals surface area contributed by atoms with Gasteiger partial charge in [0.2, 0.25) is 5.91 Å². The third kappa shape index (κ3) is 5.18. The highest BCUT2D eigenvalue weighted by Crippen LogP contribution is 2.18. The van der Waals surface area contributed by atoms with Crippen molar-refractivity contribution in [2.45, 2.75) is 33.4 Å². The van der Waals surface area contributed by atoms with Crippen molar-refractivity contribution in [3.63, 3.8) is 0 Å². The first-order valence-corrected chi connectivity index (χ1v) is 8.07. The molecule has 2 rings (SSSR count). The minimum atomic E-state index is -0.648. The van der Waals surface area contributed by atoms with E-state index in [2.05, 4.69) is 16.0 Å². The molecule has 25 heavy (non-hydrogen) atoms. The minimum Gasteiger partial charge on any atom is -0.391 e. The van der Waals surface area contributed by atoms with Gasteiger partial charge in [-0.2, -0.15) is 0 Å². The molecule has 0 unspecified atom stereocenters. The number of nitrogens with zero attached hydrogens (tertiary/aromatic N) is 1. The van der Waals surface area contributed by atoms with E-state index in [0.717, 1.165) is 10.5 Å². The summed E-state index contributed by atoms with van der Waals surface area (Å²) in [6.07, 6.45) is -0.648. The molecule has 0 saturated carbocycles. The van der Waals surface area contributed by atoms with E-state index < -0.39 is 18.2 Å². The first kappa shape index (κ1) is 18.7. The van der Waals surface area contributed by atoms with Crippen molar-refractivity contribution in [2.24, 2.45) is 5.41 Å². The standard InChI is InChI=1S/C17H24N4O4/c1-17(2,3)13(22)8-18-15(24)20-12-6-4-11(5-7-12)10-21-14(23)9-19-16(21)25/h4-7,13,22H,8-10H2,1-3H3,(H,19,25)(H2,18,20,24)/t13-/m0/s1. The minimum absolute atomic E-state index is 0.0268. The fourth-order valence-electron chi connectivity index (χ4n) is 2.16. The number of carbonyl (C=O) groups is 3. The Morgan fingerprint density at radius 3 is 2.44 bits per heavy atom. The van der Waals surface area contributed by atoms with Crippen molar-refractivity contribution in [3.05, 3.63) is 29.8 Å². The molecule has 1 fully saturated rings. The number of imide groups is 1. The molecule has 1 saturated heterocycles. The highest BCUT2D eigenvalue weighted by molar-refractivity contribution is 6.01. The zero-order valence-electron chi connectivity index (χ0n) is 14.6.